The Morgan fingerprint density at radius 3 is 2.71 bits per heavy atom. The highest BCUT2D eigenvalue weighted by atomic mass is 32.1. The molecule has 24 heavy (non-hydrogen) atoms. The van der Waals surface area contributed by atoms with E-state index >= 15 is 0 Å². The van der Waals surface area contributed by atoms with E-state index in [4.69, 9.17) is 9.84 Å². The fourth-order valence-corrected chi connectivity index (χ4v) is 3.95. The SMILES string of the molecule is COc1ccccc1C[C@H]1CCCN1C(=O)c1ccc(C(=O)O)s1. The second-order valence-corrected chi connectivity index (χ2v) is 6.86. The zero-order chi connectivity index (χ0) is 17.1. The van der Waals surface area contributed by atoms with Gasteiger partial charge in [-0.3, -0.25) is 4.79 Å². The Kier molecular flexibility index (Phi) is 4.85. The van der Waals surface area contributed by atoms with Crippen molar-refractivity contribution < 1.29 is 19.4 Å². The summed E-state index contributed by atoms with van der Waals surface area (Å²) in [5, 5.41) is 9.02. The molecule has 1 aliphatic heterocycles. The van der Waals surface area contributed by atoms with Crippen LogP contribution >= 0.6 is 11.3 Å². The highest BCUT2D eigenvalue weighted by molar-refractivity contribution is 7.15. The predicted octanol–water partition coefficient (Wildman–Crippen LogP) is 3.30. The van der Waals surface area contributed by atoms with Gasteiger partial charge in [-0.2, -0.15) is 0 Å². The zero-order valence-corrected chi connectivity index (χ0v) is 14.2. The standard InChI is InChI=1S/C18H19NO4S/c1-23-14-7-3-2-5-12(14)11-13-6-4-10-19(13)17(20)15-8-9-16(24-15)18(21)22/h2-3,5,7-9,13H,4,6,10-11H2,1H3,(H,21,22)/t13-/m1/s1. The summed E-state index contributed by atoms with van der Waals surface area (Å²) in [5.74, 6) is -0.239. The Labute approximate surface area is 144 Å². The number of benzene rings is 1. The number of carboxylic acids is 1. The number of methoxy groups -OCH3 is 1. The third-order valence-electron chi connectivity index (χ3n) is 4.31. The van der Waals surface area contributed by atoms with Crippen LogP contribution in [-0.4, -0.2) is 41.6 Å². The number of thiophene rings is 1. The second kappa shape index (κ2) is 7.05. The Balaban J connectivity index is 1.77. The number of aromatic carboxylic acids is 1. The molecule has 1 saturated heterocycles. The van der Waals surface area contributed by atoms with Crippen molar-refractivity contribution in [2.45, 2.75) is 25.3 Å². The Bertz CT molecular complexity index is 755. The number of nitrogens with zero attached hydrogens (tertiary/aromatic N) is 1. The molecule has 6 heteroatoms. The van der Waals surface area contributed by atoms with Crippen LogP contribution in [-0.2, 0) is 6.42 Å². The van der Waals surface area contributed by atoms with E-state index in [1.54, 1.807) is 13.2 Å². The largest absolute Gasteiger partial charge is 0.496 e. The van der Waals surface area contributed by atoms with Gasteiger partial charge in [-0.1, -0.05) is 18.2 Å². The average Bonchev–Trinajstić information content (AvgIpc) is 3.24. The van der Waals surface area contributed by atoms with Gasteiger partial charge in [0.25, 0.3) is 5.91 Å². The molecule has 0 saturated carbocycles. The van der Waals surface area contributed by atoms with Crippen molar-refractivity contribution in [3.8, 4) is 5.75 Å². The molecule has 1 amide bonds. The van der Waals surface area contributed by atoms with Crippen molar-refractivity contribution in [2.75, 3.05) is 13.7 Å². The number of hydrogen-bond acceptors (Lipinski definition) is 4. The van der Waals surface area contributed by atoms with Crippen molar-refractivity contribution in [3.05, 3.63) is 51.7 Å². The molecule has 5 nitrogen and oxygen atoms in total. The smallest absolute Gasteiger partial charge is 0.345 e. The molecular formula is C18H19NO4S. The molecule has 0 unspecified atom stereocenters. The number of para-hydroxylation sites is 1. The molecule has 2 heterocycles. The van der Waals surface area contributed by atoms with Gasteiger partial charge in [-0.05, 0) is 43.0 Å². The molecular weight excluding hydrogens is 326 g/mol. The number of rotatable bonds is 5. The van der Waals surface area contributed by atoms with Gasteiger partial charge in [0.1, 0.15) is 10.6 Å². The zero-order valence-electron chi connectivity index (χ0n) is 13.4. The topological polar surface area (TPSA) is 66.8 Å². The normalized spacial score (nSPS) is 17.0. The van der Waals surface area contributed by atoms with Crippen LogP contribution in [0.4, 0.5) is 0 Å². The maximum Gasteiger partial charge on any atom is 0.345 e. The maximum absolute atomic E-state index is 12.8. The van der Waals surface area contributed by atoms with Crippen LogP contribution in [0.25, 0.3) is 0 Å². The summed E-state index contributed by atoms with van der Waals surface area (Å²) in [6, 6.07) is 11.1. The highest BCUT2D eigenvalue weighted by Crippen LogP contribution is 2.28. The number of hydrogen-bond donors (Lipinski definition) is 1. The number of likely N-dealkylation sites (tertiary alicyclic amines) is 1. The first-order valence-corrected chi connectivity index (χ1v) is 8.68. The molecule has 0 bridgehead atoms. The lowest BCUT2D eigenvalue weighted by molar-refractivity contribution is 0.0700. The highest BCUT2D eigenvalue weighted by Gasteiger charge is 2.31. The number of carbonyl (C=O) groups excluding carboxylic acids is 1. The number of amides is 1. The molecule has 1 aliphatic rings. The molecule has 1 atom stereocenters. The van der Waals surface area contributed by atoms with Gasteiger partial charge < -0.3 is 14.7 Å². The summed E-state index contributed by atoms with van der Waals surface area (Å²) in [6.45, 7) is 0.707. The van der Waals surface area contributed by atoms with Crippen molar-refractivity contribution in [1.29, 1.82) is 0 Å². The lowest BCUT2D eigenvalue weighted by Crippen LogP contribution is -2.36. The summed E-state index contributed by atoms with van der Waals surface area (Å²) in [5.41, 5.74) is 1.09. The van der Waals surface area contributed by atoms with Crippen LogP contribution in [0.15, 0.2) is 36.4 Å². The van der Waals surface area contributed by atoms with E-state index in [9.17, 15) is 9.59 Å². The fraction of sp³-hybridized carbons (Fsp3) is 0.333. The maximum atomic E-state index is 12.8. The predicted molar refractivity (Wildman–Crippen MR) is 92.0 cm³/mol. The van der Waals surface area contributed by atoms with Crippen molar-refractivity contribution in [2.24, 2.45) is 0 Å². The van der Waals surface area contributed by atoms with E-state index in [1.165, 1.54) is 6.07 Å². The molecule has 2 aromatic rings. The third-order valence-corrected chi connectivity index (χ3v) is 5.37. The lowest BCUT2D eigenvalue weighted by Gasteiger charge is -2.25. The summed E-state index contributed by atoms with van der Waals surface area (Å²) in [7, 11) is 1.65. The Morgan fingerprint density at radius 2 is 2.00 bits per heavy atom. The number of carboxylic acid groups (broad SMARTS) is 1. The molecule has 0 aliphatic carbocycles. The molecule has 0 spiro atoms. The van der Waals surface area contributed by atoms with Gasteiger partial charge in [-0.15, -0.1) is 11.3 Å². The number of ether oxygens (including phenoxy) is 1. The first-order chi connectivity index (χ1) is 11.6. The number of carbonyl (C=O) groups is 2. The van der Waals surface area contributed by atoms with Crippen LogP contribution < -0.4 is 4.74 Å². The third kappa shape index (κ3) is 3.28. The molecule has 3 rings (SSSR count). The van der Waals surface area contributed by atoms with Crippen LogP contribution in [0.3, 0.4) is 0 Å². The van der Waals surface area contributed by atoms with E-state index < -0.39 is 5.97 Å². The van der Waals surface area contributed by atoms with E-state index in [0.29, 0.717) is 11.4 Å². The van der Waals surface area contributed by atoms with E-state index in [1.807, 2.05) is 29.2 Å². The Hall–Kier alpha value is -2.34. The van der Waals surface area contributed by atoms with Gasteiger partial charge in [0.15, 0.2) is 0 Å². The van der Waals surface area contributed by atoms with E-state index in [2.05, 4.69) is 0 Å². The van der Waals surface area contributed by atoms with Crippen molar-refractivity contribution in [3.63, 3.8) is 0 Å². The fourth-order valence-electron chi connectivity index (χ4n) is 3.15. The summed E-state index contributed by atoms with van der Waals surface area (Å²) >= 11 is 1.04. The van der Waals surface area contributed by atoms with Gasteiger partial charge in [0.05, 0.1) is 12.0 Å². The van der Waals surface area contributed by atoms with Gasteiger partial charge in [0, 0.05) is 12.6 Å². The minimum atomic E-state index is -0.994. The molecule has 1 N–H and O–H groups in total. The van der Waals surface area contributed by atoms with Gasteiger partial charge in [0.2, 0.25) is 0 Å². The first-order valence-electron chi connectivity index (χ1n) is 7.86. The molecule has 0 radical (unpaired) electrons. The molecule has 1 aromatic carbocycles. The summed E-state index contributed by atoms with van der Waals surface area (Å²) < 4.78 is 5.40. The van der Waals surface area contributed by atoms with Crippen LogP contribution in [0.5, 0.6) is 5.75 Å². The van der Waals surface area contributed by atoms with Crippen molar-refractivity contribution >= 4 is 23.2 Å². The quantitative estimate of drug-likeness (QED) is 0.903. The second-order valence-electron chi connectivity index (χ2n) is 5.78. The van der Waals surface area contributed by atoms with Gasteiger partial charge >= 0.3 is 5.97 Å². The monoisotopic (exact) mass is 345 g/mol. The minimum Gasteiger partial charge on any atom is -0.496 e. The molecule has 126 valence electrons. The van der Waals surface area contributed by atoms with Crippen LogP contribution in [0.1, 0.15) is 37.7 Å². The Morgan fingerprint density at radius 1 is 1.25 bits per heavy atom. The minimum absolute atomic E-state index is 0.0788. The molecule has 1 fully saturated rings. The summed E-state index contributed by atoms with van der Waals surface area (Å²) in [4.78, 5) is 26.3. The molecule has 1 aromatic heterocycles. The average molecular weight is 345 g/mol. The summed E-state index contributed by atoms with van der Waals surface area (Å²) in [6.07, 6.45) is 2.65. The van der Waals surface area contributed by atoms with Crippen LogP contribution in [0.2, 0.25) is 0 Å². The van der Waals surface area contributed by atoms with E-state index in [0.717, 1.165) is 41.9 Å². The lowest BCUT2D eigenvalue weighted by atomic mass is 10.0. The first kappa shape index (κ1) is 16.5. The van der Waals surface area contributed by atoms with Gasteiger partial charge in [-0.25, -0.2) is 4.79 Å². The van der Waals surface area contributed by atoms with Crippen molar-refractivity contribution in [1.82, 2.24) is 4.90 Å². The van der Waals surface area contributed by atoms with E-state index in [-0.39, 0.29) is 16.8 Å². The van der Waals surface area contributed by atoms with Crippen LogP contribution in [0, 0.1) is 0 Å².